The number of methoxy groups -OCH3 is 1. The van der Waals surface area contributed by atoms with Crippen molar-refractivity contribution in [2.24, 2.45) is 0 Å². The first-order valence-electron chi connectivity index (χ1n) is 11.3. The zero-order valence-electron chi connectivity index (χ0n) is 20.2. The fourth-order valence-corrected chi connectivity index (χ4v) is 3.94. The van der Waals surface area contributed by atoms with E-state index >= 15 is 0 Å². The predicted molar refractivity (Wildman–Crippen MR) is 133 cm³/mol. The van der Waals surface area contributed by atoms with Gasteiger partial charge in [0.05, 0.1) is 31.4 Å². The van der Waals surface area contributed by atoms with Gasteiger partial charge in [-0.05, 0) is 43.2 Å². The molecule has 1 aliphatic rings. The van der Waals surface area contributed by atoms with Gasteiger partial charge in [-0.2, -0.15) is 4.98 Å². The zero-order chi connectivity index (χ0) is 25.7. The van der Waals surface area contributed by atoms with Crippen LogP contribution < -0.4 is 10.1 Å². The number of aryl methyl sites for hydroxylation is 1. The number of carbonyl (C=O) groups is 1. The zero-order valence-corrected chi connectivity index (χ0v) is 20.2. The molecule has 10 heteroatoms. The minimum absolute atomic E-state index is 0.0128. The van der Waals surface area contributed by atoms with Crippen molar-refractivity contribution >= 4 is 17.6 Å². The number of halogens is 1. The first kappa shape index (κ1) is 24.6. The fourth-order valence-electron chi connectivity index (χ4n) is 3.94. The molecule has 4 aromatic rings. The van der Waals surface area contributed by atoms with Gasteiger partial charge in [-0.25, -0.2) is 14.1 Å². The molecule has 1 aliphatic heterocycles. The molecule has 9 nitrogen and oxygen atoms in total. The number of aromatic nitrogens is 5. The van der Waals surface area contributed by atoms with Crippen LogP contribution >= 0.6 is 0 Å². The van der Waals surface area contributed by atoms with Crippen molar-refractivity contribution in [1.82, 2.24) is 24.3 Å². The summed E-state index contributed by atoms with van der Waals surface area (Å²) >= 11 is 0. The maximum absolute atomic E-state index is 13.4. The maximum atomic E-state index is 13.4. The van der Waals surface area contributed by atoms with E-state index in [-0.39, 0.29) is 11.7 Å². The van der Waals surface area contributed by atoms with Crippen molar-refractivity contribution in [3.05, 3.63) is 90.0 Å². The van der Waals surface area contributed by atoms with E-state index < -0.39 is 5.97 Å². The summed E-state index contributed by atoms with van der Waals surface area (Å²) in [4.78, 5) is 18.1. The number of hydrogen-bond donors (Lipinski definition) is 2. The quantitative estimate of drug-likeness (QED) is 0.385. The lowest BCUT2D eigenvalue weighted by molar-refractivity contribution is -0.134. The first-order valence-corrected chi connectivity index (χ1v) is 11.3. The van der Waals surface area contributed by atoms with Gasteiger partial charge in [-0.15, -0.1) is 5.10 Å². The summed E-state index contributed by atoms with van der Waals surface area (Å²) in [5.41, 5.74) is 3.66. The number of carboxylic acid groups (broad SMARTS) is 1. The molecular formula is C26H27FN6O3. The minimum Gasteiger partial charge on any atom is -0.494 e. The highest BCUT2D eigenvalue weighted by Crippen LogP contribution is 2.32. The van der Waals surface area contributed by atoms with E-state index in [9.17, 15) is 4.39 Å². The lowest BCUT2D eigenvalue weighted by Gasteiger charge is -2.13. The van der Waals surface area contributed by atoms with E-state index in [1.54, 1.807) is 13.4 Å². The van der Waals surface area contributed by atoms with Gasteiger partial charge in [0.2, 0.25) is 5.95 Å². The Kier molecular flexibility index (Phi) is 7.43. The summed E-state index contributed by atoms with van der Waals surface area (Å²) in [7, 11) is 1.64. The van der Waals surface area contributed by atoms with E-state index in [1.165, 1.54) is 12.1 Å². The summed E-state index contributed by atoms with van der Waals surface area (Å²) in [5.74, 6) is 1.00. The summed E-state index contributed by atoms with van der Waals surface area (Å²) < 4.78 is 22.8. The number of nitrogens with one attached hydrogen (secondary N) is 1. The van der Waals surface area contributed by atoms with Crippen LogP contribution in [0.3, 0.4) is 0 Å². The standard InChI is InChI=1S/C24H23FN6O.C2H4O2/c1-16-14-30(15-26-16)21-11-10-19(13-22(21)32-2)27-24-28-23-20(5-3-4-12-31(23)29-24)17-6-8-18(25)9-7-17;1-2(3)4/h3-4,6-11,13-15,20H,5,12H2,1-2H3,(H,27,29);1H3,(H,3,4). The van der Waals surface area contributed by atoms with Crippen LogP contribution in [0.15, 0.2) is 67.1 Å². The number of carboxylic acids is 1. The lowest BCUT2D eigenvalue weighted by atomic mass is 9.95. The molecule has 36 heavy (non-hydrogen) atoms. The highest BCUT2D eigenvalue weighted by molar-refractivity contribution is 5.63. The van der Waals surface area contributed by atoms with Crippen molar-refractivity contribution in [3.63, 3.8) is 0 Å². The number of allylic oxidation sites excluding steroid dienone is 2. The number of fused-ring (bicyclic) bond motifs is 1. The molecule has 186 valence electrons. The Hall–Kier alpha value is -4.47. The average Bonchev–Trinajstić information content (AvgIpc) is 3.40. The summed E-state index contributed by atoms with van der Waals surface area (Å²) in [6, 6.07) is 12.4. The molecule has 0 amide bonds. The molecule has 1 unspecified atom stereocenters. The third-order valence-corrected chi connectivity index (χ3v) is 5.53. The van der Waals surface area contributed by atoms with Crippen LogP contribution in [0.25, 0.3) is 5.69 Å². The second-order valence-electron chi connectivity index (χ2n) is 8.24. The Morgan fingerprint density at radius 1 is 1.19 bits per heavy atom. The van der Waals surface area contributed by atoms with Crippen LogP contribution in [0.1, 0.15) is 36.3 Å². The molecule has 0 saturated carbocycles. The molecular weight excluding hydrogens is 463 g/mol. The maximum Gasteiger partial charge on any atom is 0.300 e. The van der Waals surface area contributed by atoms with E-state index in [0.717, 1.165) is 41.8 Å². The second-order valence-corrected chi connectivity index (χ2v) is 8.24. The number of benzene rings is 2. The van der Waals surface area contributed by atoms with Crippen LogP contribution in [0.2, 0.25) is 0 Å². The van der Waals surface area contributed by atoms with Gasteiger partial charge in [-0.1, -0.05) is 24.3 Å². The van der Waals surface area contributed by atoms with Gasteiger partial charge >= 0.3 is 0 Å². The summed E-state index contributed by atoms with van der Waals surface area (Å²) in [6.45, 7) is 3.67. The summed E-state index contributed by atoms with van der Waals surface area (Å²) in [5, 5.41) is 15.4. The molecule has 2 aromatic carbocycles. The number of imidazole rings is 1. The van der Waals surface area contributed by atoms with Crippen LogP contribution in [-0.2, 0) is 11.3 Å². The number of ether oxygens (including phenoxy) is 1. The SMILES string of the molecule is CC(=O)O.COc1cc(Nc2nc3n(n2)CC=CCC3c2ccc(F)cc2)ccc1-n1cnc(C)c1. The van der Waals surface area contributed by atoms with Crippen molar-refractivity contribution in [1.29, 1.82) is 0 Å². The Balaban J connectivity index is 0.000000709. The van der Waals surface area contributed by atoms with E-state index in [4.69, 9.17) is 19.6 Å². The third kappa shape index (κ3) is 5.77. The fraction of sp³-hybridized carbons (Fsp3) is 0.231. The van der Waals surface area contributed by atoms with Gasteiger partial charge < -0.3 is 19.7 Å². The Bertz CT molecular complexity index is 1370. The summed E-state index contributed by atoms with van der Waals surface area (Å²) in [6.07, 6.45) is 8.70. The number of hydrogen-bond acceptors (Lipinski definition) is 6. The van der Waals surface area contributed by atoms with E-state index in [2.05, 4.69) is 27.6 Å². The van der Waals surface area contributed by atoms with Crippen molar-refractivity contribution < 1.29 is 19.0 Å². The third-order valence-electron chi connectivity index (χ3n) is 5.53. The molecule has 0 fully saturated rings. The normalized spacial score (nSPS) is 14.3. The molecule has 3 heterocycles. The monoisotopic (exact) mass is 490 g/mol. The highest BCUT2D eigenvalue weighted by Gasteiger charge is 2.23. The second kappa shape index (κ2) is 10.9. The lowest BCUT2D eigenvalue weighted by Crippen LogP contribution is -2.08. The van der Waals surface area contributed by atoms with Crippen LogP contribution in [0.5, 0.6) is 5.75 Å². The molecule has 2 aromatic heterocycles. The molecule has 1 atom stereocenters. The van der Waals surface area contributed by atoms with Crippen molar-refractivity contribution in [2.45, 2.75) is 32.7 Å². The number of rotatable bonds is 5. The predicted octanol–water partition coefficient (Wildman–Crippen LogP) is 4.85. The Morgan fingerprint density at radius 2 is 1.94 bits per heavy atom. The van der Waals surface area contributed by atoms with Gasteiger partial charge in [0.15, 0.2) is 0 Å². The van der Waals surface area contributed by atoms with Gasteiger partial charge in [-0.3, -0.25) is 4.79 Å². The number of aliphatic carboxylic acids is 1. The van der Waals surface area contributed by atoms with Crippen molar-refractivity contribution in [2.75, 3.05) is 12.4 Å². The number of nitrogens with zero attached hydrogens (tertiary/aromatic N) is 5. The van der Waals surface area contributed by atoms with Crippen molar-refractivity contribution in [3.8, 4) is 11.4 Å². The van der Waals surface area contributed by atoms with Crippen LogP contribution in [0, 0.1) is 12.7 Å². The van der Waals surface area contributed by atoms with Crippen LogP contribution in [0.4, 0.5) is 16.0 Å². The molecule has 0 radical (unpaired) electrons. The molecule has 2 N–H and O–H groups in total. The Morgan fingerprint density at radius 3 is 2.61 bits per heavy atom. The van der Waals surface area contributed by atoms with E-state index in [1.807, 2.05) is 52.7 Å². The molecule has 0 spiro atoms. The van der Waals surface area contributed by atoms with Gasteiger partial charge in [0, 0.05) is 30.8 Å². The first-order chi connectivity index (χ1) is 17.3. The highest BCUT2D eigenvalue weighted by atomic mass is 19.1. The molecule has 0 aliphatic carbocycles. The van der Waals surface area contributed by atoms with Gasteiger partial charge in [0.25, 0.3) is 5.97 Å². The smallest absolute Gasteiger partial charge is 0.300 e. The molecule has 5 rings (SSSR count). The Labute approximate surface area is 207 Å². The largest absolute Gasteiger partial charge is 0.494 e. The minimum atomic E-state index is -0.833. The topological polar surface area (TPSA) is 107 Å². The molecule has 0 saturated heterocycles. The van der Waals surface area contributed by atoms with Crippen LogP contribution in [-0.4, -0.2) is 42.5 Å². The number of anilines is 2. The average molecular weight is 491 g/mol. The van der Waals surface area contributed by atoms with E-state index in [0.29, 0.717) is 18.2 Å². The molecule has 0 bridgehead atoms. The van der Waals surface area contributed by atoms with Gasteiger partial charge in [0.1, 0.15) is 17.4 Å².